The van der Waals surface area contributed by atoms with E-state index in [4.69, 9.17) is 0 Å². The Morgan fingerprint density at radius 2 is 1.18 bits per heavy atom. The van der Waals surface area contributed by atoms with Crippen molar-refractivity contribution in [2.75, 3.05) is 32.7 Å². The third-order valence-electron chi connectivity index (χ3n) is 13.3. The molecule has 0 bridgehead atoms. The molecule has 72 heavy (non-hydrogen) atoms. The normalized spacial score (nSPS) is 15.8. The van der Waals surface area contributed by atoms with E-state index in [1.165, 1.54) is 85.6 Å². The number of piperidine rings is 1. The van der Waals surface area contributed by atoms with Gasteiger partial charge >= 0.3 is 6.03 Å². The molecule has 5 heterocycles. The van der Waals surface area contributed by atoms with E-state index in [0.29, 0.717) is 16.2 Å². The topological polar surface area (TPSA) is 77.1 Å². The monoisotopic (exact) mass is 985 g/mol. The van der Waals surface area contributed by atoms with E-state index in [-0.39, 0.29) is 22.3 Å². The van der Waals surface area contributed by atoms with Crippen LogP contribution in [0.5, 0.6) is 0 Å². The lowest BCUT2D eigenvalue weighted by Crippen LogP contribution is -2.33. The zero-order chi connectivity index (χ0) is 53.8. The molecule has 8 rings (SSSR count). The van der Waals surface area contributed by atoms with Gasteiger partial charge in [-0.3, -0.25) is 14.9 Å². The number of aromatic nitrogens is 3. The molecule has 3 fully saturated rings. The van der Waals surface area contributed by atoms with Crippen LogP contribution in [0, 0.1) is 28.1 Å². The number of nitrogens with one attached hydrogen (secondary N) is 2. The molecule has 2 N–H and O–H groups in total. The summed E-state index contributed by atoms with van der Waals surface area (Å²) in [5.41, 5.74) is 8.64. The molecule has 5 aromatic rings. The van der Waals surface area contributed by atoms with E-state index < -0.39 is 0 Å². The molecule has 3 aromatic heterocycles. The third kappa shape index (κ3) is 26.5. The number of carbonyl (C=O) groups is 1. The minimum atomic E-state index is 0.0965. The second-order valence-corrected chi connectivity index (χ2v) is 27.5. The van der Waals surface area contributed by atoms with Crippen LogP contribution in [0.4, 0.5) is 4.79 Å². The molecule has 0 spiro atoms. The van der Waals surface area contributed by atoms with Crippen molar-refractivity contribution in [1.29, 1.82) is 0 Å². The lowest BCUT2D eigenvalue weighted by atomic mass is 9.83. The molecule has 2 aliphatic heterocycles. The summed E-state index contributed by atoms with van der Waals surface area (Å²) in [7, 11) is 0. The number of rotatable bonds is 7. The van der Waals surface area contributed by atoms with Gasteiger partial charge in [0, 0.05) is 73.0 Å². The summed E-state index contributed by atoms with van der Waals surface area (Å²) in [6, 6.07) is 29.7. The highest BCUT2D eigenvalue weighted by atomic mass is 16.2. The molecule has 0 radical (unpaired) electrons. The van der Waals surface area contributed by atoms with Crippen molar-refractivity contribution < 1.29 is 4.79 Å². The Hall–Kier alpha value is -4.49. The third-order valence-corrected chi connectivity index (χ3v) is 13.3. The highest BCUT2D eigenvalue weighted by Crippen LogP contribution is 2.39. The summed E-state index contributed by atoms with van der Waals surface area (Å²) in [5, 5.41) is 4.14. The van der Waals surface area contributed by atoms with Crippen LogP contribution >= 0.6 is 0 Å². The second kappa shape index (κ2) is 28.3. The number of aromatic amines is 1. The van der Waals surface area contributed by atoms with E-state index in [0.717, 1.165) is 50.1 Å². The molecule has 7 heteroatoms. The number of likely N-dealkylation sites (tertiary alicyclic amines) is 1. The van der Waals surface area contributed by atoms with Crippen LogP contribution in [-0.4, -0.2) is 63.5 Å². The van der Waals surface area contributed by atoms with Gasteiger partial charge in [-0.1, -0.05) is 186 Å². The maximum Gasteiger partial charge on any atom is 0.317 e. The van der Waals surface area contributed by atoms with E-state index in [1.54, 1.807) is 0 Å². The van der Waals surface area contributed by atoms with E-state index in [9.17, 15) is 4.79 Å². The molecule has 0 unspecified atom stereocenters. The Morgan fingerprint density at radius 3 is 1.62 bits per heavy atom. The second-order valence-electron chi connectivity index (χ2n) is 27.5. The summed E-state index contributed by atoms with van der Waals surface area (Å²) in [4.78, 5) is 27.0. The molecule has 2 amide bonds. The SMILES string of the molecule is CC(C)(C)CC1CC1.CC(C)(C)CCC1CCN(Cc2ccccc2)CC1.CC(C)(C)CCN1CCNC1=O.CC(C)(C)c1cccc2[nH]ccc12.CC(C)(C)c1ccccn1.CC(C)(C)c1ccncc1. The molecule has 7 nitrogen and oxygen atoms in total. The van der Waals surface area contributed by atoms with Crippen molar-refractivity contribution >= 4 is 16.9 Å². The van der Waals surface area contributed by atoms with Crippen LogP contribution in [0.1, 0.15) is 198 Å². The summed E-state index contributed by atoms with van der Waals surface area (Å²) in [6.07, 6.45) is 18.6. The molecular formula is C65H104N6O. The first kappa shape index (κ1) is 61.8. The van der Waals surface area contributed by atoms with Gasteiger partial charge in [0.25, 0.3) is 0 Å². The summed E-state index contributed by atoms with van der Waals surface area (Å²) >= 11 is 0. The lowest BCUT2D eigenvalue weighted by Gasteiger charge is -2.33. The summed E-state index contributed by atoms with van der Waals surface area (Å²) in [5.74, 6) is 2.06. The van der Waals surface area contributed by atoms with Crippen LogP contribution in [0.3, 0.4) is 0 Å². The van der Waals surface area contributed by atoms with Gasteiger partial charge in [-0.05, 0) is 144 Å². The number of carbonyl (C=O) groups excluding carboxylic acids is 1. The first-order valence-corrected chi connectivity index (χ1v) is 27.6. The van der Waals surface area contributed by atoms with Gasteiger partial charge in [0.2, 0.25) is 0 Å². The number of urea groups is 1. The fraction of sp³-hybridized carbons (Fsp3) is 0.615. The van der Waals surface area contributed by atoms with Gasteiger partial charge in [0.15, 0.2) is 0 Å². The summed E-state index contributed by atoms with van der Waals surface area (Å²) < 4.78 is 0. The van der Waals surface area contributed by atoms with Crippen LogP contribution in [0.15, 0.2) is 110 Å². The van der Waals surface area contributed by atoms with Crippen LogP contribution in [0.25, 0.3) is 10.9 Å². The number of benzene rings is 2. The van der Waals surface area contributed by atoms with E-state index >= 15 is 0 Å². The Labute approximate surface area is 441 Å². The number of amides is 2. The zero-order valence-electron chi connectivity index (χ0n) is 49.1. The van der Waals surface area contributed by atoms with E-state index in [2.05, 4.69) is 223 Å². The van der Waals surface area contributed by atoms with Crippen molar-refractivity contribution in [2.24, 2.45) is 28.1 Å². The molecule has 2 aromatic carbocycles. The molecule has 400 valence electrons. The quantitative estimate of drug-likeness (QED) is 0.170. The first-order chi connectivity index (χ1) is 33.4. The van der Waals surface area contributed by atoms with Gasteiger partial charge in [0.05, 0.1) is 0 Å². The van der Waals surface area contributed by atoms with Crippen molar-refractivity contribution in [3.05, 3.63) is 132 Å². The standard InChI is InChI=1S/C18H29N.C12H15N.C9H18N2O.2C9H13N.C8H16/c1-18(2,3)12-9-16-10-13-19(14-11-16)15-17-7-5-4-6-8-17;1-12(2,3)10-5-4-6-11-9(10)7-8-13-11;1-9(2,3)4-6-11-7-5-10-8(11)12;1-9(2,3)8-4-6-10-7-5-8;1-9(2,3)8-6-4-5-7-10-8;1-8(2,3)6-7-4-5-7/h4-8,16H,9-15H2,1-3H3;4-8,13H,1-3H3;4-7H2,1-3H3,(H,10,12);2*4-7H,1-3H3;7H,4-6H2,1-3H3. The largest absolute Gasteiger partial charge is 0.361 e. The highest BCUT2D eigenvalue weighted by molar-refractivity contribution is 5.83. The fourth-order valence-corrected chi connectivity index (χ4v) is 8.69. The molecule has 1 saturated carbocycles. The van der Waals surface area contributed by atoms with E-state index in [1.807, 2.05) is 41.8 Å². The first-order valence-electron chi connectivity index (χ1n) is 27.6. The number of nitrogens with zero attached hydrogens (tertiary/aromatic N) is 4. The maximum absolute atomic E-state index is 11.1. The molecule has 2 saturated heterocycles. The molecule has 0 atom stereocenters. The predicted molar refractivity (Wildman–Crippen MR) is 312 cm³/mol. The van der Waals surface area contributed by atoms with Crippen molar-refractivity contribution in [3.8, 4) is 0 Å². The number of fused-ring (bicyclic) bond motifs is 1. The lowest BCUT2D eigenvalue weighted by molar-refractivity contribution is 0.162. The van der Waals surface area contributed by atoms with Gasteiger partial charge in [-0.15, -0.1) is 0 Å². The number of hydrogen-bond acceptors (Lipinski definition) is 4. The number of pyridine rings is 2. The molecular weight excluding hydrogens is 881 g/mol. The fourth-order valence-electron chi connectivity index (χ4n) is 8.69. The Bertz CT molecular complexity index is 2160. The number of H-pyrrole nitrogens is 1. The minimum Gasteiger partial charge on any atom is -0.361 e. The molecule has 1 aliphatic carbocycles. The smallest absolute Gasteiger partial charge is 0.317 e. The van der Waals surface area contributed by atoms with Crippen molar-refractivity contribution in [1.82, 2.24) is 30.1 Å². The number of hydrogen-bond donors (Lipinski definition) is 2. The van der Waals surface area contributed by atoms with Gasteiger partial charge < -0.3 is 15.2 Å². The Balaban J connectivity index is 0.000000234. The van der Waals surface area contributed by atoms with Gasteiger partial charge in [-0.25, -0.2) is 4.79 Å². The minimum absolute atomic E-state index is 0.0965. The predicted octanol–water partition coefficient (Wildman–Crippen LogP) is 17.2. The summed E-state index contributed by atoms with van der Waals surface area (Å²) in [6.45, 7) is 46.7. The Kier molecular flexibility index (Phi) is 24.3. The van der Waals surface area contributed by atoms with Crippen molar-refractivity contribution in [3.63, 3.8) is 0 Å². The van der Waals surface area contributed by atoms with Crippen LogP contribution in [-0.2, 0) is 22.8 Å². The average Bonchev–Trinajstić information content (AvgIpc) is 3.77. The zero-order valence-corrected chi connectivity index (χ0v) is 49.1. The highest BCUT2D eigenvalue weighted by Gasteiger charge is 2.27. The van der Waals surface area contributed by atoms with Crippen molar-refractivity contribution in [2.45, 2.75) is 199 Å². The Morgan fingerprint density at radius 1 is 0.569 bits per heavy atom. The van der Waals surface area contributed by atoms with Crippen LogP contribution in [0.2, 0.25) is 0 Å². The average molecular weight is 986 g/mol. The maximum atomic E-state index is 11.1. The molecule has 3 aliphatic rings. The van der Waals surface area contributed by atoms with Gasteiger partial charge in [-0.2, -0.15) is 0 Å². The van der Waals surface area contributed by atoms with Gasteiger partial charge in [0.1, 0.15) is 0 Å². The van der Waals surface area contributed by atoms with Crippen LogP contribution < -0.4 is 5.32 Å².